The van der Waals surface area contributed by atoms with Crippen LogP contribution in [-0.4, -0.2) is 29.8 Å². The highest BCUT2D eigenvalue weighted by molar-refractivity contribution is 6.19. The summed E-state index contributed by atoms with van der Waals surface area (Å²) in [6, 6.07) is 0. The molecule has 0 spiro atoms. The molecular formula is C8H12ClNO. The molecule has 0 aromatic carbocycles. The van der Waals surface area contributed by atoms with Crippen molar-refractivity contribution in [1.82, 2.24) is 4.90 Å². The van der Waals surface area contributed by atoms with Crippen molar-refractivity contribution in [1.29, 1.82) is 0 Å². The first-order chi connectivity index (χ1) is 5.24. The monoisotopic (exact) mass is 173 g/mol. The zero-order valence-electron chi connectivity index (χ0n) is 6.48. The van der Waals surface area contributed by atoms with E-state index in [-0.39, 0.29) is 5.91 Å². The van der Waals surface area contributed by atoms with Crippen LogP contribution in [0.5, 0.6) is 0 Å². The quantitative estimate of drug-likeness (QED) is 0.467. The van der Waals surface area contributed by atoms with Gasteiger partial charge in [0.15, 0.2) is 0 Å². The normalized spacial score (nSPS) is 17.5. The van der Waals surface area contributed by atoms with E-state index in [1.807, 2.05) is 4.90 Å². The Balaban J connectivity index is 2.36. The Morgan fingerprint density at radius 1 is 1.73 bits per heavy atom. The molecule has 1 aliphatic rings. The van der Waals surface area contributed by atoms with Crippen molar-refractivity contribution in [3.63, 3.8) is 0 Å². The zero-order valence-corrected chi connectivity index (χ0v) is 7.23. The van der Waals surface area contributed by atoms with E-state index in [1.165, 1.54) is 0 Å². The van der Waals surface area contributed by atoms with Gasteiger partial charge in [-0.15, -0.1) is 11.6 Å². The van der Waals surface area contributed by atoms with Crippen molar-refractivity contribution < 1.29 is 4.79 Å². The third-order valence-corrected chi connectivity index (χ3v) is 2.15. The highest BCUT2D eigenvalue weighted by atomic mass is 35.5. The molecule has 2 nitrogen and oxygen atoms in total. The Morgan fingerprint density at radius 2 is 2.45 bits per heavy atom. The zero-order chi connectivity index (χ0) is 8.27. The van der Waals surface area contributed by atoms with E-state index in [2.05, 4.69) is 6.58 Å². The molecule has 62 valence electrons. The van der Waals surface area contributed by atoms with Gasteiger partial charge in [0.25, 0.3) is 0 Å². The van der Waals surface area contributed by atoms with Gasteiger partial charge in [0.05, 0.1) is 0 Å². The Bertz CT molecular complexity index is 179. The number of rotatable bonds is 3. The molecule has 3 heteroatoms. The number of alkyl halides is 1. The molecule has 0 aromatic rings. The van der Waals surface area contributed by atoms with Crippen LogP contribution in [0.4, 0.5) is 0 Å². The Kier molecular flexibility index (Phi) is 2.94. The maximum Gasteiger partial charge on any atom is 0.222 e. The van der Waals surface area contributed by atoms with E-state index < -0.39 is 0 Å². The molecule has 0 atom stereocenters. The fraction of sp³-hybridized carbons (Fsp3) is 0.625. The lowest BCUT2D eigenvalue weighted by Crippen LogP contribution is -2.26. The van der Waals surface area contributed by atoms with E-state index in [4.69, 9.17) is 11.6 Å². The molecule has 0 unspecified atom stereocenters. The van der Waals surface area contributed by atoms with E-state index in [9.17, 15) is 4.79 Å². The summed E-state index contributed by atoms with van der Waals surface area (Å²) < 4.78 is 0. The standard InChI is InChI=1S/C8H12ClNO/c1-7(5-9)6-10-4-2-3-8(10)11/h1-6H2. The first-order valence-corrected chi connectivity index (χ1v) is 4.28. The first-order valence-electron chi connectivity index (χ1n) is 3.74. The topological polar surface area (TPSA) is 20.3 Å². The highest BCUT2D eigenvalue weighted by Gasteiger charge is 2.19. The van der Waals surface area contributed by atoms with Gasteiger partial charge in [-0.3, -0.25) is 4.79 Å². The Morgan fingerprint density at radius 3 is 2.91 bits per heavy atom. The Hall–Kier alpha value is -0.500. The number of hydrogen-bond donors (Lipinski definition) is 0. The molecule has 0 N–H and O–H groups in total. The molecule has 0 saturated carbocycles. The maximum atomic E-state index is 11.1. The lowest BCUT2D eigenvalue weighted by Gasteiger charge is -2.15. The van der Waals surface area contributed by atoms with E-state index in [0.717, 1.165) is 18.5 Å². The summed E-state index contributed by atoms with van der Waals surface area (Å²) in [5.41, 5.74) is 0.918. The predicted octanol–water partition coefficient (Wildman–Crippen LogP) is 1.40. The third kappa shape index (κ3) is 2.22. The van der Waals surface area contributed by atoms with Crippen molar-refractivity contribution in [3.8, 4) is 0 Å². The van der Waals surface area contributed by atoms with Crippen LogP contribution in [0, 0.1) is 0 Å². The third-order valence-electron chi connectivity index (χ3n) is 1.77. The lowest BCUT2D eigenvalue weighted by molar-refractivity contribution is -0.127. The molecule has 1 aliphatic heterocycles. The van der Waals surface area contributed by atoms with Crippen molar-refractivity contribution in [2.75, 3.05) is 19.0 Å². The average molecular weight is 174 g/mol. The van der Waals surface area contributed by atoms with Crippen LogP contribution in [0.3, 0.4) is 0 Å². The van der Waals surface area contributed by atoms with Crippen molar-refractivity contribution in [3.05, 3.63) is 12.2 Å². The van der Waals surface area contributed by atoms with Crippen molar-refractivity contribution >= 4 is 17.5 Å². The number of halogens is 1. The minimum atomic E-state index is 0.233. The Labute approximate surface area is 71.8 Å². The first kappa shape index (κ1) is 8.60. The summed E-state index contributed by atoms with van der Waals surface area (Å²) in [5, 5.41) is 0. The number of nitrogens with zero attached hydrogens (tertiary/aromatic N) is 1. The van der Waals surface area contributed by atoms with Gasteiger partial charge in [-0.25, -0.2) is 0 Å². The predicted molar refractivity (Wildman–Crippen MR) is 45.7 cm³/mol. The molecule has 1 saturated heterocycles. The minimum absolute atomic E-state index is 0.233. The highest BCUT2D eigenvalue weighted by Crippen LogP contribution is 2.11. The molecule has 0 bridgehead atoms. The summed E-state index contributed by atoms with van der Waals surface area (Å²) in [6.45, 7) is 5.26. The second-order valence-corrected chi connectivity index (χ2v) is 3.07. The van der Waals surface area contributed by atoms with Crippen LogP contribution in [0.1, 0.15) is 12.8 Å². The van der Waals surface area contributed by atoms with Crippen LogP contribution in [0.25, 0.3) is 0 Å². The van der Waals surface area contributed by atoms with E-state index >= 15 is 0 Å². The van der Waals surface area contributed by atoms with E-state index in [0.29, 0.717) is 18.8 Å². The van der Waals surface area contributed by atoms with Gasteiger partial charge >= 0.3 is 0 Å². The van der Waals surface area contributed by atoms with Crippen LogP contribution >= 0.6 is 11.6 Å². The summed E-state index contributed by atoms with van der Waals surface area (Å²) in [7, 11) is 0. The number of carbonyl (C=O) groups excluding carboxylic acids is 1. The van der Waals surface area contributed by atoms with Crippen LogP contribution in [-0.2, 0) is 4.79 Å². The van der Waals surface area contributed by atoms with Crippen LogP contribution in [0.15, 0.2) is 12.2 Å². The molecule has 1 rings (SSSR count). The molecule has 11 heavy (non-hydrogen) atoms. The largest absolute Gasteiger partial charge is 0.339 e. The molecule has 0 aromatic heterocycles. The van der Waals surface area contributed by atoms with Gasteiger partial charge in [0.1, 0.15) is 0 Å². The smallest absolute Gasteiger partial charge is 0.222 e. The molecule has 0 aliphatic carbocycles. The second kappa shape index (κ2) is 3.77. The van der Waals surface area contributed by atoms with Gasteiger partial charge in [-0.2, -0.15) is 0 Å². The minimum Gasteiger partial charge on any atom is -0.339 e. The van der Waals surface area contributed by atoms with Gasteiger partial charge in [0, 0.05) is 25.4 Å². The fourth-order valence-electron chi connectivity index (χ4n) is 1.18. The van der Waals surface area contributed by atoms with Gasteiger partial charge in [0.2, 0.25) is 5.91 Å². The summed E-state index contributed by atoms with van der Waals surface area (Å²) in [4.78, 5) is 12.9. The summed E-state index contributed by atoms with van der Waals surface area (Å²) in [6.07, 6.45) is 1.67. The second-order valence-electron chi connectivity index (χ2n) is 2.80. The number of carbonyl (C=O) groups is 1. The number of likely N-dealkylation sites (tertiary alicyclic amines) is 1. The molecule has 1 heterocycles. The molecule has 0 radical (unpaired) electrons. The SMILES string of the molecule is C=C(CCl)CN1CCCC1=O. The van der Waals surface area contributed by atoms with E-state index in [1.54, 1.807) is 0 Å². The summed E-state index contributed by atoms with van der Waals surface area (Å²) >= 11 is 5.54. The number of amides is 1. The molecule has 1 fully saturated rings. The lowest BCUT2D eigenvalue weighted by atomic mass is 10.3. The molecular weight excluding hydrogens is 162 g/mol. The average Bonchev–Trinajstić information content (AvgIpc) is 2.37. The van der Waals surface area contributed by atoms with Gasteiger partial charge < -0.3 is 4.90 Å². The molecule has 1 amide bonds. The maximum absolute atomic E-state index is 11.1. The van der Waals surface area contributed by atoms with Crippen molar-refractivity contribution in [2.24, 2.45) is 0 Å². The van der Waals surface area contributed by atoms with Gasteiger partial charge in [-0.05, 0) is 12.0 Å². The fourth-order valence-corrected chi connectivity index (χ4v) is 1.27. The van der Waals surface area contributed by atoms with Crippen LogP contribution < -0.4 is 0 Å². The number of hydrogen-bond acceptors (Lipinski definition) is 1. The van der Waals surface area contributed by atoms with Crippen LogP contribution in [0.2, 0.25) is 0 Å². The van der Waals surface area contributed by atoms with Crippen molar-refractivity contribution in [2.45, 2.75) is 12.8 Å². The van der Waals surface area contributed by atoms with Gasteiger partial charge in [-0.1, -0.05) is 6.58 Å². The summed E-state index contributed by atoms with van der Waals surface area (Å²) in [5.74, 6) is 0.681.